The van der Waals surface area contributed by atoms with Crippen LogP contribution >= 0.6 is 0 Å². The minimum atomic E-state index is -1.48. The third kappa shape index (κ3) is 2.93. The molecule has 2 aliphatic rings. The minimum absolute atomic E-state index is 0.181. The van der Waals surface area contributed by atoms with Crippen molar-refractivity contribution in [3.05, 3.63) is 100 Å². The zero-order chi connectivity index (χ0) is 22.4. The lowest BCUT2D eigenvalue weighted by atomic mass is 9.96. The average molecular weight is 427 g/mol. The molecule has 158 valence electrons. The van der Waals surface area contributed by atoms with Crippen LogP contribution in [0.15, 0.2) is 71.7 Å². The van der Waals surface area contributed by atoms with Gasteiger partial charge in [0.2, 0.25) is 6.17 Å². The summed E-state index contributed by atoms with van der Waals surface area (Å²) in [5.41, 5.74) is 2.67. The number of halogens is 1. The molecule has 6 nitrogen and oxygen atoms in total. The van der Waals surface area contributed by atoms with Gasteiger partial charge in [-0.2, -0.15) is 0 Å². The first-order valence-corrected chi connectivity index (χ1v) is 10.2. The fourth-order valence-corrected chi connectivity index (χ4v) is 4.15. The number of aliphatic imine (C=N–C) groups is 1. The second kappa shape index (κ2) is 7.53. The Morgan fingerprint density at radius 1 is 0.844 bits per heavy atom. The van der Waals surface area contributed by atoms with E-state index in [2.05, 4.69) is 10.3 Å². The van der Waals surface area contributed by atoms with Crippen molar-refractivity contribution in [2.24, 2.45) is 4.99 Å². The van der Waals surface area contributed by atoms with E-state index in [4.69, 9.17) is 0 Å². The highest BCUT2D eigenvalue weighted by Gasteiger charge is 2.44. The Kier molecular flexibility index (Phi) is 4.66. The number of imide groups is 1. The molecule has 1 atom stereocenters. The number of nitrogens with zero attached hydrogens (tertiary/aromatic N) is 2. The number of amides is 3. The number of hydrogen-bond acceptors (Lipinski definition) is 4. The maximum Gasteiger partial charge on any atom is 0.270 e. The van der Waals surface area contributed by atoms with Crippen LogP contribution in [0.1, 0.15) is 44.3 Å². The first-order chi connectivity index (χ1) is 15.5. The van der Waals surface area contributed by atoms with Crippen LogP contribution in [-0.2, 0) is 11.2 Å². The summed E-state index contributed by atoms with van der Waals surface area (Å²) in [6.07, 6.45) is -0.861. The summed E-state index contributed by atoms with van der Waals surface area (Å²) >= 11 is 0. The predicted molar refractivity (Wildman–Crippen MR) is 117 cm³/mol. The third-order valence-corrected chi connectivity index (χ3v) is 5.72. The molecule has 7 heteroatoms. The van der Waals surface area contributed by atoms with Crippen LogP contribution in [0.5, 0.6) is 0 Å². The van der Waals surface area contributed by atoms with Gasteiger partial charge in [-0.1, -0.05) is 49.4 Å². The number of anilines is 1. The van der Waals surface area contributed by atoms with Gasteiger partial charge < -0.3 is 5.32 Å². The van der Waals surface area contributed by atoms with Gasteiger partial charge in [-0.3, -0.25) is 14.4 Å². The van der Waals surface area contributed by atoms with Crippen molar-refractivity contribution < 1.29 is 18.8 Å². The van der Waals surface area contributed by atoms with Gasteiger partial charge in [0.25, 0.3) is 17.7 Å². The van der Waals surface area contributed by atoms with Crippen LogP contribution in [0, 0.1) is 5.82 Å². The van der Waals surface area contributed by atoms with Gasteiger partial charge in [0.05, 0.1) is 22.5 Å². The molecule has 0 aromatic heterocycles. The van der Waals surface area contributed by atoms with E-state index in [-0.39, 0.29) is 22.4 Å². The third-order valence-electron chi connectivity index (χ3n) is 5.72. The Balaban J connectivity index is 1.72. The van der Waals surface area contributed by atoms with E-state index in [0.717, 1.165) is 10.5 Å². The molecule has 0 saturated carbocycles. The minimum Gasteiger partial charge on any atom is -0.322 e. The van der Waals surface area contributed by atoms with E-state index in [1.54, 1.807) is 36.4 Å². The van der Waals surface area contributed by atoms with Crippen LogP contribution in [-0.4, -0.2) is 34.5 Å². The summed E-state index contributed by atoms with van der Waals surface area (Å²) in [6, 6.07) is 17.9. The molecule has 3 amide bonds. The van der Waals surface area contributed by atoms with Crippen molar-refractivity contribution >= 4 is 29.1 Å². The number of benzodiazepines with no additional fused rings is 1. The molecule has 0 spiro atoms. The van der Waals surface area contributed by atoms with Crippen molar-refractivity contribution in [2.45, 2.75) is 19.5 Å². The van der Waals surface area contributed by atoms with E-state index in [1.807, 2.05) is 19.1 Å². The molecule has 0 radical (unpaired) electrons. The van der Waals surface area contributed by atoms with Gasteiger partial charge in [-0.15, -0.1) is 0 Å². The number of carbonyl (C=O) groups excluding carboxylic acids is 3. The largest absolute Gasteiger partial charge is 0.322 e. The van der Waals surface area contributed by atoms with Crippen LogP contribution in [0.3, 0.4) is 0 Å². The maximum atomic E-state index is 14.8. The summed E-state index contributed by atoms with van der Waals surface area (Å²) in [6.45, 7) is 1.94. The molecule has 2 heterocycles. The number of nitrogens with one attached hydrogen (secondary N) is 1. The highest BCUT2D eigenvalue weighted by molar-refractivity contribution is 6.25. The van der Waals surface area contributed by atoms with Crippen molar-refractivity contribution in [1.82, 2.24) is 4.90 Å². The molecule has 2 aliphatic heterocycles. The summed E-state index contributed by atoms with van der Waals surface area (Å²) in [5, 5.41) is 2.83. The number of carbonyl (C=O) groups is 3. The Bertz CT molecular complexity index is 1300. The molecule has 3 aromatic carbocycles. The van der Waals surface area contributed by atoms with E-state index in [0.29, 0.717) is 17.7 Å². The Morgan fingerprint density at radius 3 is 2.06 bits per heavy atom. The molecule has 0 bridgehead atoms. The topological polar surface area (TPSA) is 78.8 Å². The first kappa shape index (κ1) is 19.8. The lowest BCUT2D eigenvalue weighted by Gasteiger charge is -2.21. The molecular formula is C25H18FN3O3. The SMILES string of the molecule is CCc1cccc2c1NC(=O)[C@H](N1C(=O)c3ccccc3C1=O)N=C2c1ccccc1F. The molecule has 5 rings (SSSR count). The van der Waals surface area contributed by atoms with E-state index < -0.39 is 29.7 Å². The van der Waals surface area contributed by atoms with E-state index in [9.17, 15) is 18.8 Å². The fourth-order valence-electron chi connectivity index (χ4n) is 4.15. The van der Waals surface area contributed by atoms with Crippen LogP contribution in [0.25, 0.3) is 0 Å². The maximum absolute atomic E-state index is 14.8. The zero-order valence-electron chi connectivity index (χ0n) is 17.1. The number of para-hydroxylation sites is 1. The van der Waals surface area contributed by atoms with Crippen LogP contribution < -0.4 is 5.32 Å². The summed E-state index contributed by atoms with van der Waals surface area (Å²) < 4.78 is 14.8. The summed E-state index contributed by atoms with van der Waals surface area (Å²) in [5.74, 6) is -2.37. The van der Waals surface area contributed by atoms with Crippen molar-refractivity contribution in [1.29, 1.82) is 0 Å². The van der Waals surface area contributed by atoms with Gasteiger partial charge in [0, 0.05) is 11.1 Å². The number of aryl methyl sites for hydroxylation is 1. The second-order valence-corrected chi connectivity index (χ2v) is 7.54. The van der Waals surface area contributed by atoms with Gasteiger partial charge >= 0.3 is 0 Å². The zero-order valence-corrected chi connectivity index (χ0v) is 17.1. The van der Waals surface area contributed by atoms with E-state index >= 15 is 0 Å². The van der Waals surface area contributed by atoms with Crippen molar-refractivity contribution in [3.63, 3.8) is 0 Å². The van der Waals surface area contributed by atoms with Gasteiger partial charge in [-0.25, -0.2) is 14.3 Å². The van der Waals surface area contributed by atoms with Gasteiger partial charge in [0.1, 0.15) is 5.82 Å². The number of fused-ring (bicyclic) bond motifs is 2. The first-order valence-electron chi connectivity index (χ1n) is 10.2. The highest BCUT2D eigenvalue weighted by atomic mass is 19.1. The summed E-state index contributed by atoms with van der Waals surface area (Å²) in [4.78, 5) is 44.7. The summed E-state index contributed by atoms with van der Waals surface area (Å²) in [7, 11) is 0. The highest BCUT2D eigenvalue weighted by Crippen LogP contribution is 2.32. The fraction of sp³-hybridized carbons (Fsp3) is 0.120. The van der Waals surface area contributed by atoms with Crippen LogP contribution in [0.2, 0.25) is 0 Å². The smallest absolute Gasteiger partial charge is 0.270 e. The number of hydrogen-bond donors (Lipinski definition) is 1. The molecular weight excluding hydrogens is 409 g/mol. The number of benzene rings is 3. The van der Waals surface area contributed by atoms with Gasteiger partial charge in [-0.05, 0) is 36.2 Å². The molecule has 0 fully saturated rings. The molecule has 0 unspecified atom stereocenters. The normalized spacial score (nSPS) is 17.4. The number of rotatable bonds is 3. The Labute approximate surface area is 183 Å². The van der Waals surface area contributed by atoms with Crippen LogP contribution in [0.4, 0.5) is 10.1 Å². The van der Waals surface area contributed by atoms with Crippen molar-refractivity contribution in [3.8, 4) is 0 Å². The molecule has 1 N–H and O–H groups in total. The molecule has 3 aromatic rings. The standard InChI is InChI=1S/C25H18FN3O3/c1-2-14-8-7-12-18-20(14)28-23(30)22(27-21(18)17-11-5-6-13-19(17)26)29-24(31)15-9-3-4-10-16(15)25(29)32/h3-13,22H,2H2,1H3,(H,28,30)/t22-/m0/s1. The lowest BCUT2D eigenvalue weighted by molar-refractivity contribution is -0.119. The second-order valence-electron chi connectivity index (χ2n) is 7.54. The predicted octanol–water partition coefficient (Wildman–Crippen LogP) is 3.80. The van der Waals surface area contributed by atoms with Gasteiger partial charge in [0.15, 0.2) is 0 Å². The Morgan fingerprint density at radius 2 is 1.44 bits per heavy atom. The average Bonchev–Trinajstić information content (AvgIpc) is 2.96. The monoisotopic (exact) mass is 427 g/mol. The molecule has 32 heavy (non-hydrogen) atoms. The Hall–Kier alpha value is -4.13. The lowest BCUT2D eigenvalue weighted by Crippen LogP contribution is -2.46. The molecule has 0 saturated heterocycles. The quantitative estimate of drug-likeness (QED) is 0.646. The van der Waals surface area contributed by atoms with E-state index in [1.165, 1.54) is 18.2 Å². The van der Waals surface area contributed by atoms with Crippen molar-refractivity contribution in [2.75, 3.05) is 5.32 Å². The molecule has 0 aliphatic carbocycles.